The van der Waals surface area contributed by atoms with Crippen LogP contribution in [0.5, 0.6) is 0 Å². The number of nitrogens with zero attached hydrogens (tertiary/aromatic N) is 1. The van der Waals surface area contributed by atoms with Crippen molar-refractivity contribution in [2.24, 2.45) is 0 Å². The van der Waals surface area contributed by atoms with Gasteiger partial charge in [-0.25, -0.2) is 4.79 Å². The average molecular weight is 258 g/mol. The minimum absolute atomic E-state index is 0.0270. The van der Waals surface area contributed by atoms with Crippen LogP contribution >= 0.6 is 0 Å². The van der Waals surface area contributed by atoms with E-state index in [1.54, 1.807) is 4.90 Å². The van der Waals surface area contributed by atoms with Crippen LogP contribution in [0.4, 0.5) is 4.79 Å². The minimum atomic E-state index is -0.892. The lowest BCUT2D eigenvalue weighted by molar-refractivity contribution is -0.135. The number of hydrogen-bond acceptors (Lipinski definition) is 4. The molecule has 0 unspecified atom stereocenters. The van der Waals surface area contributed by atoms with Crippen LogP contribution in [0.1, 0.15) is 33.6 Å². The Morgan fingerprint density at radius 3 is 2.67 bits per heavy atom. The Balaban J connectivity index is 2.43. The average Bonchev–Trinajstić information content (AvgIpc) is 2.62. The second-order valence-electron chi connectivity index (χ2n) is 5.49. The molecule has 0 saturated carbocycles. The SMILES string of the molecule is CC(C)(C)OC(=O)N1CCC[C@H]1CNCC(=O)O. The molecule has 0 aliphatic carbocycles. The quantitative estimate of drug-likeness (QED) is 0.788. The molecule has 18 heavy (non-hydrogen) atoms. The number of ether oxygens (including phenoxy) is 1. The molecule has 1 rings (SSSR count). The van der Waals surface area contributed by atoms with Gasteiger partial charge in [0.05, 0.1) is 6.54 Å². The van der Waals surface area contributed by atoms with Crippen LogP contribution in [-0.2, 0) is 9.53 Å². The predicted octanol–water partition coefficient (Wildman–Crippen LogP) is 1.06. The third-order valence-corrected chi connectivity index (χ3v) is 2.66. The monoisotopic (exact) mass is 258 g/mol. The van der Waals surface area contributed by atoms with Gasteiger partial charge >= 0.3 is 12.1 Å². The molecule has 1 atom stereocenters. The third kappa shape index (κ3) is 4.91. The Morgan fingerprint density at radius 2 is 2.11 bits per heavy atom. The molecular formula is C12H22N2O4. The number of carboxylic acids is 1. The van der Waals surface area contributed by atoms with Crippen molar-refractivity contribution in [2.45, 2.75) is 45.3 Å². The summed E-state index contributed by atoms with van der Waals surface area (Å²) in [5.74, 6) is -0.892. The Bertz CT molecular complexity index is 312. The summed E-state index contributed by atoms with van der Waals surface area (Å²) in [7, 11) is 0. The summed E-state index contributed by atoms with van der Waals surface area (Å²) in [6, 6.07) is 0.0270. The molecule has 0 aromatic heterocycles. The van der Waals surface area contributed by atoms with E-state index in [-0.39, 0.29) is 18.7 Å². The molecule has 0 radical (unpaired) electrons. The Kier molecular flexibility index (Phi) is 4.95. The molecule has 2 N–H and O–H groups in total. The number of rotatable bonds is 4. The van der Waals surface area contributed by atoms with E-state index in [0.717, 1.165) is 12.8 Å². The normalized spacial score (nSPS) is 19.9. The van der Waals surface area contributed by atoms with Crippen LogP contribution in [0.2, 0.25) is 0 Å². The van der Waals surface area contributed by atoms with Gasteiger partial charge in [0, 0.05) is 19.1 Å². The number of amides is 1. The highest BCUT2D eigenvalue weighted by Crippen LogP contribution is 2.20. The first-order valence-corrected chi connectivity index (χ1v) is 6.22. The van der Waals surface area contributed by atoms with Gasteiger partial charge in [0.25, 0.3) is 0 Å². The molecule has 0 spiro atoms. The molecule has 6 nitrogen and oxygen atoms in total. The Morgan fingerprint density at radius 1 is 1.44 bits per heavy atom. The third-order valence-electron chi connectivity index (χ3n) is 2.66. The Hall–Kier alpha value is -1.30. The molecule has 1 amide bonds. The van der Waals surface area contributed by atoms with E-state index >= 15 is 0 Å². The summed E-state index contributed by atoms with van der Waals surface area (Å²) in [6.45, 7) is 6.58. The summed E-state index contributed by atoms with van der Waals surface area (Å²) in [5, 5.41) is 11.4. The summed E-state index contributed by atoms with van der Waals surface area (Å²) in [4.78, 5) is 24.0. The van der Waals surface area contributed by atoms with Gasteiger partial charge in [0.15, 0.2) is 0 Å². The molecule has 0 bridgehead atoms. The van der Waals surface area contributed by atoms with Crippen LogP contribution in [-0.4, -0.2) is 53.3 Å². The van der Waals surface area contributed by atoms with Crippen molar-refractivity contribution in [3.05, 3.63) is 0 Å². The van der Waals surface area contributed by atoms with Gasteiger partial charge in [-0.2, -0.15) is 0 Å². The number of carbonyl (C=O) groups is 2. The fraction of sp³-hybridized carbons (Fsp3) is 0.833. The van der Waals surface area contributed by atoms with Crippen LogP contribution < -0.4 is 5.32 Å². The van der Waals surface area contributed by atoms with E-state index in [9.17, 15) is 9.59 Å². The second kappa shape index (κ2) is 6.04. The minimum Gasteiger partial charge on any atom is -0.480 e. The molecule has 0 aromatic rings. The van der Waals surface area contributed by atoms with Gasteiger partial charge in [0.2, 0.25) is 0 Å². The number of carboxylic acid groups (broad SMARTS) is 1. The predicted molar refractivity (Wildman–Crippen MR) is 66.5 cm³/mol. The number of nitrogens with one attached hydrogen (secondary N) is 1. The number of carbonyl (C=O) groups excluding carboxylic acids is 1. The van der Waals surface area contributed by atoms with Crippen molar-refractivity contribution in [2.75, 3.05) is 19.6 Å². The molecule has 6 heteroatoms. The van der Waals surface area contributed by atoms with Gasteiger partial charge in [0.1, 0.15) is 5.60 Å². The van der Waals surface area contributed by atoms with E-state index in [1.165, 1.54) is 0 Å². The number of hydrogen-bond donors (Lipinski definition) is 2. The van der Waals surface area contributed by atoms with Gasteiger partial charge in [-0.15, -0.1) is 0 Å². The summed E-state index contributed by atoms with van der Waals surface area (Å²) >= 11 is 0. The number of aliphatic carboxylic acids is 1. The van der Waals surface area contributed by atoms with Gasteiger partial charge in [-0.3, -0.25) is 4.79 Å². The van der Waals surface area contributed by atoms with E-state index < -0.39 is 11.6 Å². The summed E-state index contributed by atoms with van der Waals surface area (Å²) < 4.78 is 5.32. The molecule has 1 saturated heterocycles. The van der Waals surface area contributed by atoms with Gasteiger partial charge in [-0.05, 0) is 33.6 Å². The zero-order valence-electron chi connectivity index (χ0n) is 11.2. The zero-order valence-corrected chi connectivity index (χ0v) is 11.2. The van der Waals surface area contributed by atoms with Crippen molar-refractivity contribution in [3.8, 4) is 0 Å². The van der Waals surface area contributed by atoms with Gasteiger partial charge in [-0.1, -0.05) is 0 Å². The van der Waals surface area contributed by atoms with Gasteiger partial charge < -0.3 is 20.1 Å². The lowest BCUT2D eigenvalue weighted by atomic mass is 10.2. The maximum atomic E-state index is 11.9. The van der Waals surface area contributed by atoms with E-state index in [2.05, 4.69) is 5.32 Å². The van der Waals surface area contributed by atoms with E-state index in [1.807, 2.05) is 20.8 Å². The van der Waals surface area contributed by atoms with Crippen LogP contribution in [0, 0.1) is 0 Å². The molecule has 104 valence electrons. The molecular weight excluding hydrogens is 236 g/mol. The fourth-order valence-electron chi connectivity index (χ4n) is 1.95. The lowest BCUT2D eigenvalue weighted by Crippen LogP contribution is -2.44. The zero-order chi connectivity index (χ0) is 13.8. The van der Waals surface area contributed by atoms with E-state index in [0.29, 0.717) is 13.1 Å². The smallest absolute Gasteiger partial charge is 0.410 e. The topological polar surface area (TPSA) is 78.9 Å². The molecule has 1 aliphatic rings. The Labute approximate surface area is 107 Å². The molecule has 1 fully saturated rings. The fourth-order valence-corrected chi connectivity index (χ4v) is 1.95. The van der Waals surface area contributed by atoms with Crippen LogP contribution in [0.3, 0.4) is 0 Å². The van der Waals surface area contributed by atoms with Crippen molar-refractivity contribution in [1.82, 2.24) is 10.2 Å². The van der Waals surface area contributed by atoms with Crippen molar-refractivity contribution in [1.29, 1.82) is 0 Å². The largest absolute Gasteiger partial charge is 0.480 e. The highest BCUT2D eigenvalue weighted by Gasteiger charge is 2.31. The maximum absolute atomic E-state index is 11.9. The van der Waals surface area contributed by atoms with E-state index in [4.69, 9.17) is 9.84 Å². The molecule has 0 aromatic carbocycles. The molecule has 1 heterocycles. The number of likely N-dealkylation sites (tertiary alicyclic amines) is 1. The first-order valence-electron chi connectivity index (χ1n) is 6.22. The maximum Gasteiger partial charge on any atom is 0.410 e. The highest BCUT2D eigenvalue weighted by molar-refractivity contribution is 5.69. The van der Waals surface area contributed by atoms with Crippen molar-refractivity contribution < 1.29 is 19.4 Å². The molecule has 1 aliphatic heterocycles. The van der Waals surface area contributed by atoms with Crippen molar-refractivity contribution >= 4 is 12.1 Å². The second-order valence-corrected chi connectivity index (χ2v) is 5.49. The lowest BCUT2D eigenvalue weighted by Gasteiger charge is -2.28. The highest BCUT2D eigenvalue weighted by atomic mass is 16.6. The first kappa shape index (κ1) is 14.8. The first-order chi connectivity index (χ1) is 8.29. The van der Waals surface area contributed by atoms with Crippen LogP contribution in [0.25, 0.3) is 0 Å². The van der Waals surface area contributed by atoms with Crippen molar-refractivity contribution in [3.63, 3.8) is 0 Å². The summed E-state index contributed by atoms with van der Waals surface area (Å²) in [6.07, 6.45) is 1.49. The van der Waals surface area contributed by atoms with Crippen LogP contribution in [0.15, 0.2) is 0 Å². The standard InChI is InChI=1S/C12H22N2O4/c1-12(2,3)18-11(17)14-6-4-5-9(14)7-13-8-10(15)16/h9,13H,4-8H2,1-3H3,(H,15,16)/t9-/m0/s1. The summed E-state index contributed by atoms with van der Waals surface area (Å²) in [5.41, 5.74) is -0.501.